The van der Waals surface area contributed by atoms with Crippen LogP contribution in [-0.4, -0.2) is 24.3 Å². The third-order valence-electron chi connectivity index (χ3n) is 3.61. The molecule has 136 valence electrons. The molecule has 1 aromatic heterocycles. The summed E-state index contributed by atoms with van der Waals surface area (Å²) >= 11 is 7.28. The van der Waals surface area contributed by atoms with Crippen molar-refractivity contribution in [3.05, 3.63) is 87.1 Å². The zero-order chi connectivity index (χ0) is 19.2. The van der Waals surface area contributed by atoms with Gasteiger partial charge in [0.1, 0.15) is 0 Å². The van der Waals surface area contributed by atoms with E-state index in [4.69, 9.17) is 16.3 Å². The molecular formula is C20H14ClNO4S. The maximum atomic E-state index is 12.2. The number of thiophene rings is 1. The average molecular weight is 400 g/mol. The minimum absolute atomic E-state index is 0.228. The Kier molecular flexibility index (Phi) is 6.01. The number of benzene rings is 2. The summed E-state index contributed by atoms with van der Waals surface area (Å²) in [5.41, 5.74) is 0.982. The van der Waals surface area contributed by atoms with E-state index in [0.29, 0.717) is 21.2 Å². The number of nitrogens with one attached hydrogen (secondary N) is 1. The third-order valence-corrected chi connectivity index (χ3v) is 4.81. The smallest absolute Gasteiger partial charge is 0.338 e. The van der Waals surface area contributed by atoms with Gasteiger partial charge in [-0.05, 0) is 41.8 Å². The molecule has 0 bridgehead atoms. The number of halogens is 1. The van der Waals surface area contributed by atoms with Gasteiger partial charge >= 0.3 is 5.97 Å². The Hall–Kier alpha value is -2.96. The summed E-state index contributed by atoms with van der Waals surface area (Å²) in [6, 6.07) is 16.4. The quantitative estimate of drug-likeness (QED) is 0.482. The molecule has 3 rings (SSSR count). The van der Waals surface area contributed by atoms with Crippen molar-refractivity contribution >= 4 is 46.3 Å². The predicted octanol–water partition coefficient (Wildman–Crippen LogP) is 4.69. The highest BCUT2D eigenvalue weighted by Crippen LogP contribution is 2.17. The molecule has 0 aliphatic carbocycles. The second kappa shape index (κ2) is 8.62. The van der Waals surface area contributed by atoms with Crippen molar-refractivity contribution in [2.75, 3.05) is 11.9 Å². The van der Waals surface area contributed by atoms with Gasteiger partial charge in [0.25, 0.3) is 5.91 Å². The van der Waals surface area contributed by atoms with Crippen LogP contribution >= 0.6 is 22.9 Å². The number of hydrogen-bond acceptors (Lipinski definition) is 5. The van der Waals surface area contributed by atoms with Crippen molar-refractivity contribution in [1.29, 1.82) is 0 Å². The number of ketones is 1. The molecule has 0 unspecified atom stereocenters. The van der Waals surface area contributed by atoms with Crippen molar-refractivity contribution < 1.29 is 19.1 Å². The van der Waals surface area contributed by atoms with E-state index < -0.39 is 18.4 Å². The van der Waals surface area contributed by atoms with Crippen LogP contribution in [0.15, 0.2) is 66.0 Å². The number of Topliss-reactive ketones (excluding diaryl/α,β-unsaturated/α-hetero) is 1. The Bertz CT molecular complexity index is 985. The van der Waals surface area contributed by atoms with Crippen LogP contribution in [0.4, 0.5) is 5.69 Å². The van der Waals surface area contributed by atoms with Crippen molar-refractivity contribution in [2.24, 2.45) is 0 Å². The van der Waals surface area contributed by atoms with Crippen LogP contribution < -0.4 is 5.32 Å². The standard InChI is InChI=1S/C20H14ClNO4S/c21-16-8-2-1-7-15(16)17(23)12-26-20(25)13-5-3-6-14(11-13)22-19(24)18-9-4-10-27-18/h1-11H,12H2,(H,22,24). The maximum absolute atomic E-state index is 12.2. The molecule has 0 radical (unpaired) electrons. The molecule has 0 atom stereocenters. The molecule has 1 N–H and O–H groups in total. The first-order valence-electron chi connectivity index (χ1n) is 7.94. The molecule has 1 amide bonds. The molecule has 0 fully saturated rings. The van der Waals surface area contributed by atoms with Gasteiger partial charge in [-0.1, -0.05) is 35.9 Å². The summed E-state index contributed by atoms with van der Waals surface area (Å²) in [5.74, 6) is -1.32. The van der Waals surface area contributed by atoms with Crippen molar-refractivity contribution in [3.8, 4) is 0 Å². The highest BCUT2D eigenvalue weighted by molar-refractivity contribution is 7.12. The first-order chi connectivity index (χ1) is 13.0. The first kappa shape index (κ1) is 18.8. The lowest BCUT2D eigenvalue weighted by molar-refractivity contribution is 0.0475. The van der Waals surface area contributed by atoms with Crippen LogP contribution in [0, 0.1) is 0 Å². The summed E-state index contributed by atoms with van der Waals surface area (Å²) in [6.07, 6.45) is 0. The SMILES string of the molecule is O=C(OCC(=O)c1ccccc1Cl)c1cccc(NC(=O)c2cccs2)c1. The molecule has 3 aromatic rings. The number of carbonyl (C=O) groups is 3. The largest absolute Gasteiger partial charge is 0.454 e. The predicted molar refractivity (Wildman–Crippen MR) is 105 cm³/mol. The number of hydrogen-bond donors (Lipinski definition) is 1. The van der Waals surface area contributed by atoms with Crippen LogP contribution in [-0.2, 0) is 4.74 Å². The normalized spacial score (nSPS) is 10.3. The summed E-state index contributed by atoms with van der Waals surface area (Å²) in [5, 5.41) is 4.82. The van der Waals surface area contributed by atoms with Gasteiger partial charge in [-0.25, -0.2) is 4.79 Å². The highest BCUT2D eigenvalue weighted by Gasteiger charge is 2.15. The molecule has 0 aliphatic rings. The Morgan fingerprint density at radius 2 is 1.81 bits per heavy atom. The topological polar surface area (TPSA) is 72.5 Å². The van der Waals surface area contributed by atoms with Crippen LogP contribution in [0.5, 0.6) is 0 Å². The maximum Gasteiger partial charge on any atom is 0.338 e. The van der Waals surface area contributed by atoms with E-state index in [9.17, 15) is 14.4 Å². The Morgan fingerprint density at radius 3 is 2.56 bits per heavy atom. The number of esters is 1. The minimum atomic E-state index is -0.664. The molecule has 27 heavy (non-hydrogen) atoms. The van der Waals surface area contributed by atoms with E-state index in [0.717, 1.165) is 0 Å². The average Bonchev–Trinajstić information content (AvgIpc) is 3.21. The van der Waals surface area contributed by atoms with Crippen LogP contribution in [0.1, 0.15) is 30.4 Å². The van der Waals surface area contributed by atoms with Crippen molar-refractivity contribution in [2.45, 2.75) is 0 Å². The van der Waals surface area contributed by atoms with Crippen molar-refractivity contribution in [3.63, 3.8) is 0 Å². The Labute approximate surface area is 164 Å². The van der Waals surface area contributed by atoms with E-state index in [2.05, 4.69) is 5.32 Å². The lowest BCUT2D eigenvalue weighted by Gasteiger charge is -2.08. The van der Waals surface area contributed by atoms with Gasteiger partial charge in [-0.15, -0.1) is 11.3 Å². The molecular weight excluding hydrogens is 386 g/mol. The van der Waals surface area contributed by atoms with Gasteiger partial charge in [0.05, 0.1) is 15.5 Å². The zero-order valence-electron chi connectivity index (χ0n) is 14.0. The second-order valence-corrected chi connectivity index (χ2v) is 6.85. The number of rotatable bonds is 6. The van der Waals surface area contributed by atoms with Gasteiger partial charge in [-0.3, -0.25) is 9.59 Å². The lowest BCUT2D eigenvalue weighted by Crippen LogP contribution is -2.15. The number of anilines is 1. The van der Waals surface area contributed by atoms with E-state index in [1.165, 1.54) is 17.4 Å². The fourth-order valence-corrected chi connectivity index (χ4v) is 3.16. The monoisotopic (exact) mass is 399 g/mol. The van der Waals surface area contributed by atoms with E-state index in [1.807, 2.05) is 0 Å². The Balaban J connectivity index is 1.62. The summed E-state index contributed by atoms with van der Waals surface area (Å²) in [7, 11) is 0. The molecule has 0 saturated heterocycles. The first-order valence-corrected chi connectivity index (χ1v) is 9.20. The summed E-state index contributed by atoms with van der Waals surface area (Å²) in [4.78, 5) is 37.0. The van der Waals surface area contributed by atoms with Gasteiger partial charge in [-0.2, -0.15) is 0 Å². The van der Waals surface area contributed by atoms with E-state index >= 15 is 0 Å². The number of amides is 1. The molecule has 5 nitrogen and oxygen atoms in total. The number of carbonyl (C=O) groups excluding carboxylic acids is 3. The minimum Gasteiger partial charge on any atom is -0.454 e. The molecule has 1 heterocycles. The van der Waals surface area contributed by atoms with Crippen LogP contribution in [0.3, 0.4) is 0 Å². The van der Waals surface area contributed by atoms with Gasteiger partial charge in [0.15, 0.2) is 6.61 Å². The van der Waals surface area contributed by atoms with Gasteiger partial charge in [0, 0.05) is 11.3 Å². The van der Waals surface area contributed by atoms with Gasteiger partial charge in [0.2, 0.25) is 5.78 Å². The van der Waals surface area contributed by atoms with Gasteiger partial charge < -0.3 is 10.1 Å². The summed E-state index contributed by atoms with van der Waals surface area (Å²) < 4.78 is 5.07. The van der Waals surface area contributed by atoms with Crippen LogP contribution in [0.2, 0.25) is 5.02 Å². The molecule has 0 saturated carbocycles. The fourth-order valence-electron chi connectivity index (χ4n) is 2.30. The molecule has 2 aromatic carbocycles. The number of ether oxygens (including phenoxy) is 1. The molecule has 0 spiro atoms. The second-order valence-electron chi connectivity index (χ2n) is 5.49. The summed E-state index contributed by atoms with van der Waals surface area (Å²) in [6.45, 7) is -0.422. The van der Waals surface area contributed by atoms with Crippen molar-refractivity contribution in [1.82, 2.24) is 0 Å². The Morgan fingerprint density at radius 1 is 1.00 bits per heavy atom. The van der Waals surface area contributed by atoms with E-state index in [-0.39, 0.29) is 11.5 Å². The molecule has 7 heteroatoms. The zero-order valence-corrected chi connectivity index (χ0v) is 15.5. The van der Waals surface area contributed by atoms with E-state index in [1.54, 1.807) is 60.0 Å². The fraction of sp³-hybridized carbons (Fsp3) is 0.0500. The lowest BCUT2D eigenvalue weighted by atomic mass is 10.1. The highest BCUT2D eigenvalue weighted by atomic mass is 35.5. The molecule has 0 aliphatic heterocycles. The van der Waals surface area contributed by atoms with Crippen LogP contribution in [0.25, 0.3) is 0 Å². The third kappa shape index (κ3) is 4.81.